The molecule has 0 heterocycles. The third-order valence-corrected chi connectivity index (χ3v) is 9.73. The molecule has 1 amide bonds. The molecule has 40 heavy (non-hydrogen) atoms. The van der Waals surface area contributed by atoms with Crippen molar-refractivity contribution in [2.24, 2.45) is 0 Å². The molecule has 8 nitrogen and oxygen atoms in total. The molecule has 0 aliphatic carbocycles. The molecule has 208 valence electrons. The summed E-state index contributed by atoms with van der Waals surface area (Å²) in [6, 6.07) is 23.7. The normalized spacial score (nSPS) is 11.6. The van der Waals surface area contributed by atoms with Crippen LogP contribution < -0.4 is 14.3 Å². The van der Waals surface area contributed by atoms with E-state index in [1.165, 1.54) is 36.4 Å². The van der Waals surface area contributed by atoms with Crippen LogP contribution in [0.4, 0.5) is 17.1 Å². The fourth-order valence-corrected chi connectivity index (χ4v) is 6.62. The summed E-state index contributed by atoms with van der Waals surface area (Å²) in [6.45, 7) is 4.90. The Bertz CT molecular complexity index is 1760. The van der Waals surface area contributed by atoms with Gasteiger partial charge in [0.15, 0.2) is 0 Å². The molecule has 11 heteroatoms. The summed E-state index contributed by atoms with van der Waals surface area (Å²) in [5, 5.41) is 3.09. The van der Waals surface area contributed by atoms with Gasteiger partial charge in [0.2, 0.25) is 5.91 Å². The van der Waals surface area contributed by atoms with Gasteiger partial charge in [-0.2, -0.15) is 0 Å². The maximum atomic E-state index is 13.6. The lowest BCUT2D eigenvalue weighted by Gasteiger charge is -2.24. The molecule has 0 aliphatic heterocycles. The summed E-state index contributed by atoms with van der Waals surface area (Å²) >= 11 is 6.09. The summed E-state index contributed by atoms with van der Waals surface area (Å²) in [6.07, 6.45) is 0. The Morgan fingerprint density at radius 3 is 2.05 bits per heavy atom. The first-order valence-electron chi connectivity index (χ1n) is 12.2. The number of halogens is 1. The maximum absolute atomic E-state index is 13.6. The maximum Gasteiger partial charge on any atom is 0.264 e. The van der Waals surface area contributed by atoms with Crippen LogP contribution in [-0.4, -0.2) is 29.3 Å². The molecule has 0 saturated carbocycles. The van der Waals surface area contributed by atoms with Gasteiger partial charge in [-0.1, -0.05) is 47.5 Å². The number of sulfonamides is 2. The van der Waals surface area contributed by atoms with E-state index in [1.54, 1.807) is 55.5 Å². The SMILES string of the molecule is Cc1ccc(S(=O)(=O)N(CC(=O)Nc2ccc(S(=O)(=O)Nc3cccc(Cl)c3C)cc2)c2cccc(C)c2)cc1. The smallest absolute Gasteiger partial charge is 0.264 e. The minimum atomic E-state index is -4.06. The Labute approximate surface area is 239 Å². The van der Waals surface area contributed by atoms with Gasteiger partial charge >= 0.3 is 0 Å². The summed E-state index contributed by atoms with van der Waals surface area (Å²) in [4.78, 5) is 13.1. The minimum absolute atomic E-state index is 0.0202. The molecule has 0 bridgehead atoms. The largest absolute Gasteiger partial charge is 0.325 e. The molecule has 0 aromatic heterocycles. The van der Waals surface area contributed by atoms with E-state index >= 15 is 0 Å². The van der Waals surface area contributed by atoms with Crippen molar-refractivity contribution in [3.05, 3.63) is 113 Å². The number of carbonyl (C=O) groups is 1. The van der Waals surface area contributed by atoms with E-state index in [0.29, 0.717) is 27.6 Å². The van der Waals surface area contributed by atoms with Crippen LogP contribution in [-0.2, 0) is 24.8 Å². The zero-order valence-corrected chi connectivity index (χ0v) is 24.4. The van der Waals surface area contributed by atoms with E-state index in [-0.39, 0.29) is 9.79 Å². The number of carbonyl (C=O) groups excluding carboxylic acids is 1. The molecular formula is C29H28ClN3O5S2. The van der Waals surface area contributed by atoms with Crippen LogP contribution in [0.2, 0.25) is 5.02 Å². The molecule has 0 fully saturated rings. The number of aryl methyl sites for hydroxylation is 2. The minimum Gasteiger partial charge on any atom is -0.325 e. The highest BCUT2D eigenvalue weighted by atomic mass is 35.5. The molecule has 2 N–H and O–H groups in total. The Hall–Kier alpha value is -3.86. The molecule has 4 aromatic rings. The lowest BCUT2D eigenvalue weighted by molar-refractivity contribution is -0.114. The lowest BCUT2D eigenvalue weighted by atomic mass is 10.2. The highest BCUT2D eigenvalue weighted by Crippen LogP contribution is 2.27. The van der Waals surface area contributed by atoms with Gasteiger partial charge in [-0.3, -0.25) is 13.8 Å². The molecule has 4 rings (SSSR count). The predicted molar refractivity (Wildman–Crippen MR) is 159 cm³/mol. The van der Waals surface area contributed by atoms with Crippen molar-refractivity contribution in [3.63, 3.8) is 0 Å². The Morgan fingerprint density at radius 1 is 0.775 bits per heavy atom. The second-order valence-electron chi connectivity index (χ2n) is 9.25. The number of hydrogen-bond donors (Lipinski definition) is 2. The third-order valence-electron chi connectivity index (χ3n) is 6.15. The van der Waals surface area contributed by atoms with Gasteiger partial charge in [0.05, 0.1) is 21.2 Å². The number of rotatable bonds is 9. The van der Waals surface area contributed by atoms with Gasteiger partial charge in [-0.25, -0.2) is 16.8 Å². The third kappa shape index (κ3) is 6.64. The first kappa shape index (κ1) is 29.1. The van der Waals surface area contributed by atoms with Crippen LogP contribution in [0.3, 0.4) is 0 Å². The van der Waals surface area contributed by atoms with Crippen LogP contribution in [0.25, 0.3) is 0 Å². The zero-order valence-electron chi connectivity index (χ0n) is 22.1. The highest BCUT2D eigenvalue weighted by molar-refractivity contribution is 7.93. The molecule has 0 atom stereocenters. The average molecular weight is 598 g/mol. The quantitative estimate of drug-likeness (QED) is 0.249. The molecule has 0 radical (unpaired) electrons. The van der Waals surface area contributed by atoms with Crippen molar-refractivity contribution >= 4 is 54.6 Å². The van der Waals surface area contributed by atoms with Gasteiger partial charge in [0.25, 0.3) is 20.0 Å². The van der Waals surface area contributed by atoms with Crippen LogP contribution in [0, 0.1) is 20.8 Å². The van der Waals surface area contributed by atoms with Crippen LogP contribution >= 0.6 is 11.6 Å². The monoisotopic (exact) mass is 597 g/mol. The van der Waals surface area contributed by atoms with Crippen molar-refractivity contribution in [2.45, 2.75) is 30.6 Å². The summed E-state index contributed by atoms with van der Waals surface area (Å²) in [5.41, 5.74) is 3.34. The topological polar surface area (TPSA) is 113 Å². The second-order valence-corrected chi connectivity index (χ2v) is 13.2. The van der Waals surface area contributed by atoms with Crippen molar-refractivity contribution < 1.29 is 21.6 Å². The highest BCUT2D eigenvalue weighted by Gasteiger charge is 2.27. The predicted octanol–water partition coefficient (Wildman–Crippen LogP) is 5.90. The van der Waals surface area contributed by atoms with E-state index in [0.717, 1.165) is 15.4 Å². The average Bonchev–Trinajstić information content (AvgIpc) is 2.90. The lowest BCUT2D eigenvalue weighted by Crippen LogP contribution is -2.38. The Balaban J connectivity index is 1.54. The first-order valence-corrected chi connectivity index (χ1v) is 15.5. The molecule has 0 spiro atoms. The van der Waals surface area contributed by atoms with E-state index in [2.05, 4.69) is 10.0 Å². The fourth-order valence-electron chi connectivity index (χ4n) is 3.91. The standard InChI is InChI=1S/C29H28ClN3O5S2/c1-20-10-14-26(15-11-20)40(37,38)33(24-7-4-6-21(2)18-24)19-29(34)31-23-12-16-25(17-13-23)39(35,36)32-28-9-5-8-27(30)22(28)3/h4-18,32H,19H2,1-3H3,(H,31,34). The fraction of sp³-hybridized carbons (Fsp3) is 0.138. The van der Waals surface area contributed by atoms with E-state index < -0.39 is 32.5 Å². The molecule has 0 unspecified atom stereocenters. The number of amides is 1. The van der Waals surface area contributed by atoms with Crippen LogP contribution in [0.5, 0.6) is 0 Å². The van der Waals surface area contributed by atoms with E-state index in [9.17, 15) is 21.6 Å². The van der Waals surface area contributed by atoms with Gasteiger partial charge in [0, 0.05) is 10.7 Å². The number of anilines is 3. The van der Waals surface area contributed by atoms with Gasteiger partial charge < -0.3 is 5.32 Å². The second kappa shape index (κ2) is 11.7. The molecule has 4 aromatic carbocycles. The number of benzene rings is 4. The number of nitrogens with one attached hydrogen (secondary N) is 2. The summed E-state index contributed by atoms with van der Waals surface area (Å²) in [7, 11) is -7.98. The van der Waals surface area contributed by atoms with Crippen molar-refractivity contribution in [2.75, 3.05) is 20.9 Å². The molecule has 0 aliphatic rings. The first-order chi connectivity index (χ1) is 18.9. The number of hydrogen-bond acceptors (Lipinski definition) is 5. The summed E-state index contributed by atoms with van der Waals surface area (Å²) < 4.78 is 56.4. The zero-order chi connectivity index (χ0) is 29.1. The van der Waals surface area contributed by atoms with Crippen molar-refractivity contribution in [1.29, 1.82) is 0 Å². The van der Waals surface area contributed by atoms with E-state index in [1.807, 2.05) is 19.9 Å². The van der Waals surface area contributed by atoms with Crippen molar-refractivity contribution in [1.82, 2.24) is 0 Å². The van der Waals surface area contributed by atoms with Gasteiger partial charge in [-0.15, -0.1) is 0 Å². The van der Waals surface area contributed by atoms with Crippen LogP contribution in [0.1, 0.15) is 16.7 Å². The molecular weight excluding hydrogens is 570 g/mol. The Morgan fingerprint density at radius 2 is 1.40 bits per heavy atom. The van der Waals surface area contributed by atoms with Crippen molar-refractivity contribution in [3.8, 4) is 0 Å². The summed E-state index contributed by atoms with van der Waals surface area (Å²) in [5.74, 6) is -0.597. The molecule has 0 saturated heterocycles. The van der Waals surface area contributed by atoms with Gasteiger partial charge in [-0.05, 0) is 92.6 Å². The number of nitrogens with zero attached hydrogens (tertiary/aromatic N) is 1. The van der Waals surface area contributed by atoms with Crippen LogP contribution in [0.15, 0.2) is 101 Å². The Kier molecular flexibility index (Phi) is 8.53. The van der Waals surface area contributed by atoms with Gasteiger partial charge in [0.1, 0.15) is 6.54 Å². The van der Waals surface area contributed by atoms with E-state index in [4.69, 9.17) is 11.6 Å².